The number of alkyl halides is 3. The van der Waals surface area contributed by atoms with Gasteiger partial charge in [-0.1, -0.05) is 41.9 Å². The van der Waals surface area contributed by atoms with Crippen LogP contribution < -0.4 is 26.6 Å². The fourth-order valence-electron chi connectivity index (χ4n) is 4.06. The Balaban J connectivity index is 0.000000670. The number of hydrogen-bond donors (Lipinski definition) is 5. The number of nitrogens with zero attached hydrogens (tertiary/aromatic N) is 2. The molecule has 44 heavy (non-hydrogen) atoms. The van der Waals surface area contributed by atoms with Crippen LogP contribution in [0.5, 0.6) is 0 Å². The predicted molar refractivity (Wildman–Crippen MR) is 163 cm³/mol. The average molecular weight is 626 g/mol. The topological polar surface area (TPSA) is 137 Å². The van der Waals surface area contributed by atoms with E-state index in [-0.39, 0.29) is 24.9 Å². The number of amides is 3. The van der Waals surface area contributed by atoms with E-state index in [9.17, 15) is 22.8 Å². The van der Waals surface area contributed by atoms with Gasteiger partial charge in [0.2, 0.25) is 18.1 Å². The van der Waals surface area contributed by atoms with Crippen molar-refractivity contribution in [3.63, 3.8) is 0 Å². The molecule has 0 fully saturated rings. The molecule has 4 aromatic rings. The highest BCUT2D eigenvalue weighted by molar-refractivity contribution is 6.32. The summed E-state index contributed by atoms with van der Waals surface area (Å²) in [5.74, 6) is 0.713. The molecule has 0 spiro atoms. The van der Waals surface area contributed by atoms with Gasteiger partial charge in [0, 0.05) is 35.7 Å². The first-order chi connectivity index (χ1) is 21.1. The van der Waals surface area contributed by atoms with Crippen molar-refractivity contribution in [1.82, 2.24) is 15.3 Å². The number of aromatic nitrogens is 2. The standard InChI is InChI=1S/C28H26ClN7O2.C2HF3O/c29-23-17-31-27-33-21-8-4-5-18(15-21)9-10-19-16-22(32-26(23)36-27)11-12-24(19)35-25(37)13-14-30-28(38)34-20-6-2-1-3-7-20;3-2(4,5)1-6/h1-8,11-12,15-17H,9-10,13-14H2,(H,35,37)(H2,30,34,38)(H2,31,32,33,36);1H. The minimum absolute atomic E-state index is 0.134. The SMILES string of the molecule is O=C(CCNC(=O)Nc1ccccc1)Nc1ccc2cc1CCc1cccc(c1)Nc1ncc(Cl)c(n1)N2.O=CC(F)(F)F. The van der Waals surface area contributed by atoms with Gasteiger partial charge in [-0.15, -0.1) is 0 Å². The van der Waals surface area contributed by atoms with E-state index >= 15 is 0 Å². The van der Waals surface area contributed by atoms with Gasteiger partial charge in [-0.05, 0) is 66.4 Å². The number of para-hydroxylation sites is 1. The summed E-state index contributed by atoms with van der Waals surface area (Å²) in [5.41, 5.74) is 5.15. The molecule has 0 aliphatic carbocycles. The van der Waals surface area contributed by atoms with Crippen LogP contribution in [-0.4, -0.2) is 40.9 Å². The van der Waals surface area contributed by atoms with Gasteiger partial charge in [-0.2, -0.15) is 18.2 Å². The molecule has 5 N–H and O–H groups in total. The van der Waals surface area contributed by atoms with E-state index in [4.69, 9.17) is 16.4 Å². The molecule has 228 valence electrons. The number of aryl methyl sites for hydroxylation is 2. The summed E-state index contributed by atoms with van der Waals surface area (Å²) in [6.07, 6.45) is -2.56. The zero-order valence-corrected chi connectivity index (χ0v) is 23.8. The molecule has 6 bridgehead atoms. The van der Waals surface area contributed by atoms with E-state index in [1.165, 1.54) is 0 Å². The lowest BCUT2D eigenvalue weighted by molar-refractivity contribution is -0.156. The Hall–Kier alpha value is -5.17. The Morgan fingerprint density at radius 3 is 2.43 bits per heavy atom. The molecule has 10 nitrogen and oxygen atoms in total. The number of halogens is 4. The predicted octanol–water partition coefficient (Wildman–Crippen LogP) is 6.61. The van der Waals surface area contributed by atoms with E-state index in [0.717, 1.165) is 28.9 Å². The van der Waals surface area contributed by atoms with Crippen LogP contribution >= 0.6 is 11.6 Å². The molecule has 5 rings (SSSR count). The monoisotopic (exact) mass is 625 g/mol. The average Bonchev–Trinajstić information content (AvgIpc) is 2.99. The molecule has 1 aromatic heterocycles. The first kappa shape index (κ1) is 31.8. The maximum Gasteiger partial charge on any atom is 0.446 e. The molecular formula is C30H27ClF3N7O3. The Morgan fingerprint density at radius 1 is 0.932 bits per heavy atom. The van der Waals surface area contributed by atoms with Gasteiger partial charge >= 0.3 is 12.2 Å². The summed E-state index contributed by atoms with van der Waals surface area (Å²) >= 11 is 6.34. The first-order valence-electron chi connectivity index (χ1n) is 13.3. The van der Waals surface area contributed by atoms with Crippen molar-refractivity contribution in [2.24, 2.45) is 0 Å². The highest BCUT2D eigenvalue weighted by Crippen LogP contribution is 2.29. The van der Waals surface area contributed by atoms with Crippen LogP contribution in [0.3, 0.4) is 0 Å². The second kappa shape index (κ2) is 14.8. The fourth-order valence-corrected chi connectivity index (χ4v) is 4.20. The van der Waals surface area contributed by atoms with E-state index in [1.54, 1.807) is 18.3 Å². The highest BCUT2D eigenvalue weighted by Gasteiger charge is 2.25. The van der Waals surface area contributed by atoms with Gasteiger partial charge in [0.1, 0.15) is 5.02 Å². The number of anilines is 6. The molecule has 0 saturated heterocycles. The number of hydrogen-bond acceptors (Lipinski definition) is 7. The summed E-state index contributed by atoms with van der Waals surface area (Å²) in [7, 11) is 0. The number of urea groups is 1. The lowest BCUT2D eigenvalue weighted by Crippen LogP contribution is -2.31. The molecule has 2 heterocycles. The summed E-state index contributed by atoms with van der Waals surface area (Å²) < 4.78 is 31.2. The van der Waals surface area contributed by atoms with Crippen LogP contribution in [-0.2, 0) is 22.4 Å². The van der Waals surface area contributed by atoms with Crippen LogP contribution in [0.2, 0.25) is 5.02 Å². The Labute approximate surface area is 255 Å². The zero-order chi connectivity index (χ0) is 31.5. The number of aldehydes is 1. The summed E-state index contributed by atoms with van der Waals surface area (Å²) in [4.78, 5) is 42.3. The van der Waals surface area contributed by atoms with Crippen molar-refractivity contribution in [1.29, 1.82) is 0 Å². The van der Waals surface area contributed by atoms with E-state index in [0.29, 0.717) is 34.6 Å². The van der Waals surface area contributed by atoms with Crippen molar-refractivity contribution in [2.75, 3.05) is 27.8 Å². The first-order valence-corrected chi connectivity index (χ1v) is 13.7. The second-order valence-electron chi connectivity index (χ2n) is 9.42. The third-order valence-electron chi connectivity index (χ3n) is 6.06. The molecule has 1 aliphatic rings. The normalized spacial score (nSPS) is 11.8. The van der Waals surface area contributed by atoms with Crippen LogP contribution in [0.4, 0.5) is 52.5 Å². The highest BCUT2D eigenvalue weighted by atomic mass is 35.5. The van der Waals surface area contributed by atoms with Crippen molar-refractivity contribution >= 4 is 64.3 Å². The molecule has 3 aromatic carbocycles. The van der Waals surface area contributed by atoms with Crippen molar-refractivity contribution in [2.45, 2.75) is 25.4 Å². The van der Waals surface area contributed by atoms with Crippen molar-refractivity contribution in [3.8, 4) is 0 Å². The smallest absolute Gasteiger partial charge is 0.339 e. The quantitative estimate of drug-likeness (QED) is 0.157. The summed E-state index contributed by atoms with van der Waals surface area (Å²) in [5, 5.41) is 15.3. The van der Waals surface area contributed by atoms with Gasteiger partial charge in [-0.25, -0.2) is 9.78 Å². The van der Waals surface area contributed by atoms with Crippen molar-refractivity contribution < 1.29 is 27.6 Å². The molecule has 14 heteroatoms. The lowest BCUT2D eigenvalue weighted by atomic mass is 10.0. The van der Waals surface area contributed by atoms with Crippen molar-refractivity contribution in [3.05, 3.63) is 95.1 Å². The number of rotatable bonds is 5. The minimum Gasteiger partial charge on any atom is -0.339 e. The molecular weight excluding hydrogens is 599 g/mol. The van der Waals surface area contributed by atoms with Crippen LogP contribution in [0.1, 0.15) is 17.5 Å². The number of nitrogens with one attached hydrogen (secondary N) is 5. The van der Waals surface area contributed by atoms with Crippen LogP contribution in [0.25, 0.3) is 0 Å². The lowest BCUT2D eigenvalue weighted by Gasteiger charge is -2.15. The third kappa shape index (κ3) is 9.98. The Bertz CT molecular complexity index is 1620. The maximum absolute atomic E-state index is 12.7. The number of fused-ring (bicyclic) bond motifs is 6. The molecule has 1 aliphatic heterocycles. The Morgan fingerprint density at radius 2 is 1.68 bits per heavy atom. The zero-order valence-electron chi connectivity index (χ0n) is 23.0. The molecule has 0 saturated carbocycles. The maximum atomic E-state index is 12.7. The number of carbonyl (C=O) groups is 3. The minimum atomic E-state index is -4.64. The van der Waals surface area contributed by atoms with E-state index < -0.39 is 12.5 Å². The number of carbonyl (C=O) groups excluding carboxylic acids is 3. The number of benzene rings is 3. The van der Waals surface area contributed by atoms with Gasteiger partial charge < -0.3 is 26.6 Å². The van der Waals surface area contributed by atoms with Gasteiger partial charge in [0.15, 0.2) is 5.82 Å². The molecule has 3 amide bonds. The van der Waals surface area contributed by atoms with Gasteiger partial charge in [-0.3, -0.25) is 9.59 Å². The van der Waals surface area contributed by atoms with Gasteiger partial charge in [0.05, 0.1) is 6.20 Å². The third-order valence-corrected chi connectivity index (χ3v) is 6.33. The second-order valence-corrected chi connectivity index (χ2v) is 9.82. The Kier molecular flexibility index (Phi) is 10.7. The van der Waals surface area contributed by atoms with E-state index in [2.05, 4.69) is 48.7 Å². The van der Waals surface area contributed by atoms with Crippen LogP contribution in [0, 0.1) is 0 Å². The summed E-state index contributed by atoms with van der Waals surface area (Å²) in [6.45, 7) is 0.202. The van der Waals surface area contributed by atoms with Crippen LogP contribution in [0.15, 0.2) is 79.0 Å². The molecule has 0 unspecified atom stereocenters. The molecule has 0 atom stereocenters. The fraction of sp³-hybridized carbons (Fsp3) is 0.167. The van der Waals surface area contributed by atoms with Gasteiger partial charge in [0.25, 0.3) is 0 Å². The summed E-state index contributed by atoms with van der Waals surface area (Å²) in [6, 6.07) is 22.5. The van der Waals surface area contributed by atoms with E-state index in [1.807, 2.05) is 48.5 Å². The molecule has 0 radical (unpaired) electrons. The largest absolute Gasteiger partial charge is 0.446 e.